The largest absolute Gasteiger partial charge is 0.368 e. The molecule has 0 aromatic heterocycles. The predicted molar refractivity (Wildman–Crippen MR) is 76.7 cm³/mol. The lowest BCUT2D eigenvalue weighted by atomic mass is 10.0. The van der Waals surface area contributed by atoms with Crippen LogP contribution in [0.25, 0.3) is 5.70 Å². The Morgan fingerprint density at radius 1 is 1.06 bits per heavy atom. The van der Waals surface area contributed by atoms with Gasteiger partial charge < -0.3 is 4.90 Å². The summed E-state index contributed by atoms with van der Waals surface area (Å²) in [6.45, 7) is 8.38. The van der Waals surface area contributed by atoms with Crippen molar-refractivity contribution in [3.8, 4) is 0 Å². The third-order valence-electron chi connectivity index (χ3n) is 2.93. The topological polar surface area (TPSA) is 3.24 Å². The minimum Gasteiger partial charge on any atom is -0.368 e. The number of likely N-dealkylation sites (N-methyl/N-ethyl adjacent to an activating group) is 1. The van der Waals surface area contributed by atoms with Crippen LogP contribution in [-0.2, 0) is 0 Å². The van der Waals surface area contributed by atoms with Gasteiger partial charge in [0.15, 0.2) is 0 Å². The van der Waals surface area contributed by atoms with E-state index < -0.39 is 0 Å². The lowest BCUT2D eigenvalue weighted by molar-refractivity contribution is 0.423. The fourth-order valence-electron chi connectivity index (χ4n) is 1.97. The molecule has 0 amide bonds. The number of benzene rings is 1. The van der Waals surface area contributed by atoms with Crippen molar-refractivity contribution in [2.75, 3.05) is 7.05 Å². The van der Waals surface area contributed by atoms with E-state index in [4.69, 9.17) is 0 Å². The summed E-state index contributed by atoms with van der Waals surface area (Å²) in [5.74, 6) is 0. The van der Waals surface area contributed by atoms with Crippen molar-refractivity contribution in [1.82, 2.24) is 4.90 Å². The third-order valence-corrected chi connectivity index (χ3v) is 2.93. The summed E-state index contributed by atoms with van der Waals surface area (Å²) >= 11 is 0. The van der Waals surface area contributed by atoms with E-state index in [1.54, 1.807) is 0 Å². The highest BCUT2D eigenvalue weighted by atomic mass is 15.1. The van der Waals surface area contributed by atoms with Gasteiger partial charge in [0.2, 0.25) is 0 Å². The van der Waals surface area contributed by atoms with E-state index in [1.807, 2.05) is 13.8 Å². The first-order valence-electron chi connectivity index (χ1n) is 6.37. The van der Waals surface area contributed by atoms with E-state index in [1.165, 1.54) is 16.8 Å². The quantitative estimate of drug-likeness (QED) is 0.692. The lowest BCUT2D eigenvalue weighted by Gasteiger charge is -2.31. The fraction of sp³-hybridized carbons (Fsp3) is 0.375. The van der Waals surface area contributed by atoms with Crippen LogP contribution in [0, 0.1) is 0 Å². The second-order valence-electron chi connectivity index (χ2n) is 4.16. The second kappa shape index (κ2) is 6.29. The predicted octanol–water partition coefficient (Wildman–Crippen LogP) is 4.33. The molecule has 0 fully saturated rings. The molecule has 1 aliphatic heterocycles. The number of nitrogens with zero attached hydrogens (tertiary/aromatic N) is 1. The van der Waals surface area contributed by atoms with Gasteiger partial charge in [-0.3, -0.25) is 0 Å². The summed E-state index contributed by atoms with van der Waals surface area (Å²) in [5, 5.41) is 0. The summed E-state index contributed by atoms with van der Waals surface area (Å²) in [6.07, 6.45) is 4.53. The molecule has 1 heterocycles. The lowest BCUT2D eigenvalue weighted by Crippen LogP contribution is -2.28. The molecule has 92 valence electrons. The van der Waals surface area contributed by atoms with Gasteiger partial charge in [0.05, 0.1) is 0 Å². The normalized spacial score (nSPS) is 18.9. The van der Waals surface area contributed by atoms with Crippen LogP contribution in [0.2, 0.25) is 0 Å². The number of hydrogen-bond acceptors (Lipinski definition) is 1. The van der Waals surface area contributed by atoms with Crippen molar-refractivity contribution in [2.24, 2.45) is 0 Å². The van der Waals surface area contributed by atoms with E-state index in [0.29, 0.717) is 6.04 Å². The SMILES string of the molecule is CC.CC1=CC(C)N(C)C(c2ccccc2)=C1. The highest BCUT2D eigenvalue weighted by molar-refractivity contribution is 5.68. The van der Waals surface area contributed by atoms with Crippen LogP contribution < -0.4 is 0 Å². The van der Waals surface area contributed by atoms with Crippen molar-refractivity contribution >= 4 is 5.70 Å². The molecule has 1 atom stereocenters. The molecule has 1 nitrogen and oxygen atoms in total. The Balaban J connectivity index is 0.000000686. The molecule has 1 heteroatoms. The molecular formula is C16H23N. The number of allylic oxidation sites excluding steroid dienone is 2. The minimum atomic E-state index is 0.477. The Labute approximate surface area is 105 Å². The molecule has 2 rings (SSSR count). The summed E-state index contributed by atoms with van der Waals surface area (Å²) in [7, 11) is 2.15. The highest BCUT2D eigenvalue weighted by Crippen LogP contribution is 2.26. The summed E-state index contributed by atoms with van der Waals surface area (Å²) in [5.41, 5.74) is 3.95. The molecule has 0 aliphatic carbocycles. The second-order valence-corrected chi connectivity index (χ2v) is 4.16. The van der Waals surface area contributed by atoms with E-state index in [0.717, 1.165) is 0 Å². The van der Waals surface area contributed by atoms with Crippen molar-refractivity contribution in [3.05, 3.63) is 53.6 Å². The van der Waals surface area contributed by atoms with Gasteiger partial charge in [-0.15, -0.1) is 0 Å². The summed E-state index contributed by atoms with van der Waals surface area (Å²) < 4.78 is 0. The molecule has 1 aliphatic rings. The Hall–Kier alpha value is -1.50. The molecule has 0 N–H and O–H groups in total. The standard InChI is InChI=1S/C14H17N.C2H6/c1-11-9-12(2)15(3)14(10-11)13-7-5-4-6-8-13;1-2/h4-10,12H,1-3H3;1-2H3. The van der Waals surface area contributed by atoms with E-state index in [9.17, 15) is 0 Å². The molecule has 0 spiro atoms. The minimum absolute atomic E-state index is 0.477. The van der Waals surface area contributed by atoms with Gasteiger partial charge in [-0.05, 0) is 25.5 Å². The smallest absolute Gasteiger partial charge is 0.0447 e. The van der Waals surface area contributed by atoms with Crippen molar-refractivity contribution in [2.45, 2.75) is 33.7 Å². The van der Waals surface area contributed by atoms with Crippen LogP contribution >= 0.6 is 0 Å². The third kappa shape index (κ3) is 3.23. The van der Waals surface area contributed by atoms with Gasteiger partial charge in [0.1, 0.15) is 0 Å². The highest BCUT2D eigenvalue weighted by Gasteiger charge is 2.15. The van der Waals surface area contributed by atoms with Gasteiger partial charge in [-0.2, -0.15) is 0 Å². The average Bonchev–Trinajstić information content (AvgIpc) is 2.37. The Morgan fingerprint density at radius 2 is 1.65 bits per heavy atom. The van der Waals surface area contributed by atoms with Gasteiger partial charge in [0.25, 0.3) is 0 Å². The first kappa shape index (κ1) is 13.6. The molecule has 1 aromatic carbocycles. The molecular weight excluding hydrogens is 206 g/mol. The van der Waals surface area contributed by atoms with Crippen molar-refractivity contribution in [1.29, 1.82) is 0 Å². The maximum Gasteiger partial charge on any atom is 0.0447 e. The molecule has 0 radical (unpaired) electrons. The van der Waals surface area contributed by atoms with Crippen LogP contribution in [0.1, 0.15) is 33.3 Å². The van der Waals surface area contributed by atoms with Crippen LogP contribution in [0.3, 0.4) is 0 Å². The molecule has 1 unspecified atom stereocenters. The Bertz CT molecular complexity index is 401. The summed E-state index contributed by atoms with van der Waals surface area (Å²) in [4.78, 5) is 2.31. The fourth-order valence-corrected chi connectivity index (χ4v) is 1.97. The molecule has 0 bridgehead atoms. The number of hydrogen-bond donors (Lipinski definition) is 0. The number of rotatable bonds is 1. The molecule has 0 saturated heterocycles. The monoisotopic (exact) mass is 229 g/mol. The van der Waals surface area contributed by atoms with Crippen LogP contribution in [0.4, 0.5) is 0 Å². The van der Waals surface area contributed by atoms with Crippen LogP contribution in [0.15, 0.2) is 48.1 Å². The Morgan fingerprint density at radius 3 is 2.24 bits per heavy atom. The van der Waals surface area contributed by atoms with E-state index >= 15 is 0 Å². The zero-order valence-electron chi connectivity index (χ0n) is 11.6. The van der Waals surface area contributed by atoms with E-state index in [2.05, 4.69) is 68.3 Å². The maximum absolute atomic E-state index is 2.31. The van der Waals surface area contributed by atoms with Gasteiger partial charge in [0, 0.05) is 18.8 Å². The van der Waals surface area contributed by atoms with Crippen molar-refractivity contribution in [3.63, 3.8) is 0 Å². The Kier molecular flexibility index (Phi) is 5.02. The van der Waals surface area contributed by atoms with Crippen molar-refractivity contribution < 1.29 is 0 Å². The van der Waals surface area contributed by atoms with Gasteiger partial charge >= 0.3 is 0 Å². The van der Waals surface area contributed by atoms with E-state index in [-0.39, 0.29) is 0 Å². The molecule has 17 heavy (non-hydrogen) atoms. The molecule has 1 aromatic rings. The van der Waals surface area contributed by atoms with Crippen LogP contribution in [-0.4, -0.2) is 18.0 Å². The zero-order chi connectivity index (χ0) is 12.8. The van der Waals surface area contributed by atoms with Gasteiger partial charge in [-0.1, -0.05) is 55.8 Å². The first-order valence-corrected chi connectivity index (χ1v) is 6.37. The first-order chi connectivity index (χ1) is 8.18. The average molecular weight is 229 g/mol. The van der Waals surface area contributed by atoms with Crippen LogP contribution in [0.5, 0.6) is 0 Å². The maximum atomic E-state index is 2.31. The molecule has 0 saturated carbocycles. The zero-order valence-corrected chi connectivity index (χ0v) is 11.6. The summed E-state index contributed by atoms with van der Waals surface area (Å²) in [6, 6.07) is 11.0. The van der Waals surface area contributed by atoms with Gasteiger partial charge in [-0.25, -0.2) is 0 Å².